The van der Waals surface area contributed by atoms with Crippen LogP contribution in [0.3, 0.4) is 0 Å². The molecule has 0 unspecified atom stereocenters. The Kier molecular flexibility index (Phi) is 6.73. The quantitative estimate of drug-likeness (QED) is 0.189. The fourth-order valence-electron chi connectivity index (χ4n) is 6.12. The highest BCUT2D eigenvalue weighted by Gasteiger charge is 2.51. The third-order valence-electron chi connectivity index (χ3n) is 9.01. The molecule has 0 N–H and O–H groups in total. The van der Waals surface area contributed by atoms with Crippen LogP contribution in [0.1, 0.15) is 38.8 Å². The van der Waals surface area contributed by atoms with Gasteiger partial charge in [-0.05, 0) is 101 Å². The number of thiophene rings is 1. The minimum Gasteiger partial charge on any atom is -0.399 e. The van der Waals surface area contributed by atoms with Crippen molar-refractivity contribution in [1.82, 2.24) is 0 Å². The summed E-state index contributed by atoms with van der Waals surface area (Å²) >= 11 is 1.87. The number of hydrogen-bond donors (Lipinski definition) is 0. The molecule has 214 valence electrons. The number of rotatable bonds is 5. The zero-order valence-corrected chi connectivity index (χ0v) is 26.5. The average molecular weight is 582 g/mol. The second-order valence-corrected chi connectivity index (χ2v) is 13.7. The summed E-state index contributed by atoms with van der Waals surface area (Å²) in [5.41, 5.74) is 8.48. The van der Waals surface area contributed by atoms with E-state index in [0.29, 0.717) is 0 Å². The van der Waals surface area contributed by atoms with Gasteiger partial charge in [0.2, 0.25) is 0 Å². The normalized spacial score (nSPS) is 15.8. The van der Waals surface area contributed by atoms with Crippen molar-refractivity contribution in [2.75, 3.05) is 4.90 Å². The lowest BCUT2D eigenvalue weighted by Gasteiger charge is -2.32. The fourth-order valence-corrected chi connectivity index (χ4v) is 7.42. The molecule has 0 atom stereocenters. The summed E-state index contributed by atoms with van der Waals surface area (Å²) in [6.07, 6.45) is 0. The third-order valence-corrected chi connectivity index (χ3v) is 10.2. The lowest BCUT2D eigenvalue weighted by atomic mass is 9.77. The molecule has 0 bridgehead atoms. The van der Waals surface area contributed by atoms with Crippen LogP contribution in [0.5, 0.6) is 0 Å². The Balaban J connectivity index is 1.49. The molecule has 0 saturated carbocycles. The molecule has 1 aromatic heterocycles. The Morgan fingerprint density at radius 2 is 1.28 bits per heavy atom. The molecule has 3 nitrogen and oxygen atoms in total. The lowest BCUT2D eigenvalue weighted by molar-refractivity contribution is 0.00578. The van der Waals surface area contributed by atoms with E-state index in [2.05, 4.69) is 156 Å². The number of benzene rings is 5. The van der Waals surface area contributed by atoms with Crippen LogP contribution in [0.15, 0.2) is 109 Å². The summed E-state index contributed by atoms with van der Waals surface area (Å²) in [6, 6.07) is 39.4. The van der Waals surface area contributed by atoms with Gasteiger partial charge in [-0.3, -0.25) is 0 Å². The first-order valence-corrected chi connectivity index (χ1v) is 15.8. The fraction of sp³-hybridized carbons (Fsp3) is 0.211. The predicted octanol–water partition coefficient (Wildman–Crippen LogP) is 10.1. The minimum absolute atomic E-state index is 0.399. The molecule has 0 amide bonds. The van der Waals surface area contributed by atoms with Crippen molar-refractivity contribution in [3.05, 3.63) is 120 Å². The van der Waals surface area contributed by atoms with Gasteiger partial charge in [0, 0.05) is 42.8 Å². The van der Waals surface area contributed by atoms with Crippen LogP contribution in [0.25, 0.3) is 31.3 Å². The van der Waals surface area contributed by atoms with Gasteiger partial charge in [0.1, 0.15) is 0 Å². The van der Waals surface area contributed by atoms with E-state index < -0.39 is 18.3 Å². The van der Waals surface area contributed by atoms with Crippen molar-refractivity contribution in [1.29, 1.82) is 0 Å². The summed E-state index contributed by atoms with van der Waals surface area (Å²) in [4.78, 5) is 2.36. The molecule has 5 heteroatoms. The van der Waals surface area contributed by atoms with Crippen LogP contribution >= 0.6 is 11.3 Å². The van der Waals surface area contributed by atoms with Gasteiger partial charge in [-0.1, -0.05) is 72.3 Å². The van der Waals surface area contributed by atoms with Crippen LogP contribution in [0, 0.1) is 13.8 Å². The smallest absolute Gasteiger partial charge is 0.399 e. The Bertz CT molecular complexity index is 1910. The van der Waals surface area contributed by atoms with E-state index in [9.17, 15) is 0 Å². The van der Waals surface area contributed by atoms with Crippen molar-refractivity contribution in [2.45, 2.75) is 52.7 Å². The molecule has 6 aromatic rings. The number of fused-ring (bicyclic) bond motifs is 3. The van der Waals surface area contributed by atoms with Crippen molar-refractivity contribution in [3.63, 3.8) is 0 Å². The first-order chi connectivity index (χ1) is 20.6. The lowest BCUT2D eigenvalue weighted by Crippen LogP contribution is -2.41. The molecule has 43 heavy (non-hydrogen) atoms. The molecule has 1 aliphatic rings. The first-order valence-electron chi connectivity index (χ1n) is 14.9. The van der Waals surface area contributed by atoms with Crippen LogP contribution in [0.4, 0.5) is 17.1 Å². The summed E-state index contributed by atoms with van der Waals surface area (Å²) in [5.74, 6) is 0. The second-order valence-electron chi connectivity index (χ2n) is 12.6. The van der Waals surface area contributed by atoms with E-state index in [4.69, 9.17) is 9.31 Å². The summed E-state index contributed by atoms with van der Waals surface area (Å²) in [5, 5.41) is 2.60. The van der Waals surface area contributed by atoms with E-state index in [-0.39, 0.29) is 0 Å². The largest absolute Gasteiger partial charge is 0.494 e. The molecule has 1 saturated heterocycles. The molecular formula is C38H36BNO2S. The van der Waals surface area contributed by atoms with E-state index in [0.717, 1.165) is 22.5 Å². The first kappa shape index (κ1) is 27.9. The Morgan fingerprint density at radius 1 is 0.651 bits per heavy atom. The Hall–Kier alpha value is -3.90. The van der Waals surface area contributed by atoms with Gasteiger partial charge >= 0.3 is 7.12 Å². The van der Waals surface area contributed by atoms with Crippen molar-refractivity contribution in [2.24, 2.45) is 0 Å². The maximum absolute atomic E-state index is 6.50. The SMILES string of the molecule is Cc1cc(B2OC(C)(C)C(C)(C)O2)cc(-c2cc(N(c3ccccc3)c3ccccc3)cc3c2sc2cccc(C)c23)c1. The molecule has 1 aliphatic heterocycles. The van der Waals surface area contributed by atoms with Crippen LogP contribution in [0.2, 0.25) is 0 Å². The topological polar surface area (TPSA) is 21.7 Å². The predicted molar refractivity (Wildman–Crippen MR) is 185 cm³/mol. The van der Waals surface area contributed by atoms with Gasteiger partial charge in [-0.25, -0.2) is 0 Å². The summed E-state index contributed by atoms with van der Waals surface area (Å²) < 4.78 is 15.6. The molecule has 1 fully saturated rings. The van der Waals surface area contributed by atoms with Gasteiger partial charge in [0.05, 0.1) is 11.2 Å². The average Bonchev–Trinajstić information content (AvgIpc) is 3.47. The van der Waals surface area contributed by atoms with E-state index >= 15 is 0 Å². The number of hydrogen-bond acceptors (Lipinski definition) is 4. The standard InChI is InChI=1S/C38H36BNO2S/c1-25-20-27(22-28(21-25)39-41-37(3,4)38(5,6)42-39)32-23-31(24-33-35-26(2)14-13-19-34(35)43-36(32)33)40(29-15-9-7-10-16-29)30-17-11-8-12-18-30/h7-24H,1-6H3. The van der Waals surface area contributed by atoms with Gasteiger partial charge in [-0.15, -0.1) is 11.3 Å². The van der Waals surface area contributed by atoms with Gasteiger partial charge in [0.15, 0.2) is 0 Å². The van der Waals surface area contributed by atoms with Crippen LogP contribution in [-0.2, 0) is 9.31 Å². The Morgan fingerprint density at radius 3 is 1.91 bits per heavy atom. The van der Waals surface area contributed by atoms with Crippen molar-refractivity contribution in [3.8, 4) is 11.1 Å². The van der Waals surface area contributed by atoms with Gasteiger partial charge in [-0.2, -0.15) is 0 Å². The highest BCUT2D eigenvalue weighted by Crippen LogP contribution is 2.46. The molecule has 0 radical (unpaired) electrons. The monoisotopic (exact) mass is 581 g/mol. The molecule has 2 heterocycles. The second kappa shape index (κ2) is 10.4. The van der Waals surface area contributed by atoms with Crippen LogP contribution in [-0.4, -0.2) is 18.3 Å². The minimum atomic E-state index is -0.419. The summed E-state index contributed by atoms with van der Waals surface area (Å²) in [7, 11) is -0.419. The van der Waals surface area contributed by atoms with Crippen molar-refractivity contribution < 1.29 is 9.31 Å². The maximum atomic E-state index is 6.50. The highest BCUT2D eigenvalue weighted by molar-refractivity contribution is 7.26. The number of anilines is 3. The highest BCUT2D eigenvalue weighted by atomic mass is 32.1. The zero-order valence-electron chi connectivity index (χ0n) is 25.6. The van der Waals surface area contributed by atoms with Crippen molar-refractivity contribution >= 4 is 61.2 Å². The molecule has 7 rings (SSSR count). The number of para-hydroxylation sites is 2. The van der Waals surface area contributed by atoms with Gasteiger partial charge < -0.3 is 14.2 Å². The maximum Gasteiger partial charge on any atom is 0.494 e. The number of aryl methyl sites for hydroxylation is 2. The Labute approximate surface area is 258 Å². The summed E-state index contributed by atoms with van der Waals surface area (Å²) in [6.45, 7) is 12.8. The van der Waals surface area contributed by atoms with E-state index in [1.54, 1.807) is 0 Å². The number of nitrogens with zero attached hydrogens (tertiary/aromatic N) is 1. The molecule has 0 aliphatic carbocycles. The van der Waals surface area contributed by atoms with Crippen LogP contribution < -0.4 is 10.4 Å². The molecular weight excluding hydrogens is 545 g/mol. The third kappa shape index (κ3) is 4.86. The zero-order chi connectivity index (χ0) is 29.9. The molecule has 5 aromatic carbocycles. The van der Waals surface area contributed by atoms with E-state index in [1.807, 2.05) is 11.3 Å². The van der Waals surface area contributed by atoms with Gasteiger partial charge in [0.25, 0.3) is 0 Å². The van der Waals surface area contributed by atoms with E-state index in [1.165, 1.54) is 42.4 Å². The molecule has 0 spiro atoms.